The molecule has 1 aliphatic carbocycles. The van der Waals surface area contributed by atoms with Gasteiger partial charge in [0.1, 0.15) is 0 Å². The Bertz CT molecular complexity index is 515. The Morgan fingerprint density at radius 3 is 3.00 bits per heavy atom. The molecular weight excluding hydrogens is 172 g/mol. The molecule has 0 fully saturated rings. The van der Waals surface area contributed by atoms with Gasteiger partial charge in [-0.05, 0) is 18.9 Å². The van der Waals surface area contributed by atoms with Gasteiger partial charge in [-0.3, -0.25) is 0 Å². The molecule has 14 heavy (non-hydrogen) atoms. The van der Waals surface area contributed by atoms with Gasteiger partial charge in [0.2, 0.25) is 0 Å². The van der Waals surface area contributed by atoms with E-state index in [2.05, 4.69) is 28.4 Å². The van der Waals surface area contributed by atoms with Crippen LogP contribution in [0.15, 0.2) is 30.3 Å². The highest BCUT2D eigenvalue weighted by molar-refractivity contribution is 5.88. The molecule has 0 amide bonds. The van der Waals surface area contributed by atoms with E-state index in [4.69, 9.17) is 0 Å². The van der Waals surface area contributed by atoms with Crippen molar-refractivity contribution in [1.82, 2.24) is 10.2 Å². The molecule has 0 saturated carbocycles. The number of rotatable bonds is 0. The Labute approximate surface area is 82.3 Å². The monoisotopic (exact) mass is 182 g/mol. The lowest BCUT2D eigenvalue weighted by atomic mass is 9.99. The number of benzene rings is 1. The molecule has 3 rings (SSSR count). The van der Waals surface area contributed by atoms with E-state index in [0.717, 1.165) is 24.1 Å². The van der Waals surface area contributed by atoms with Crippen LogP contribution in [-0.2, 0) is 6.42 Å². The summed E-state index contributed by atoms with van der Waals surface area (Å²) in [5.74, 6) is 0. The Morgan fingerprint density at radius 1 is 1.07 bits per heavy atom. The molecule has 2 heteroatoms. The van der Waals surface area contributed by atoms with Crippen molar-refractivity contribution in [2.24, 2.45) is 0 Å². The van der Waals surface area contributed by atoms with Crippen LogP contribution in [0, 0.1) is 0 Å². The van der Waals surface area contributed by atoms with Gasteiger partial charge < -0.3 is 0 Å². The molecule has 0 aliphatic heterocycles. The Morgan fingerprint density at radius 2 is 2.00 bits per heavy atom. The number of allylic oxidation sites excluding steroid dienone is 1. The van der Waals surface area contributed by atoms with Crippen LogP contribution < -0.4 is 0 Å². The standard InChI is InChI=1S/C12H10N2/c1-3-7-11-9(5-1)10-6-2-4-8-12(10)14-13-11/h1-3,5-7H,4,8H2. The average Bonchev–Trinajstić information content (AvgIpc) is 2.29. The molecule has 0 atom stereocenters. The Kier molecular flexibility index (Phi) is 1.60. The second-order valence-corrected chi connectivity index (χ2v) is 3.52. The predicted molar refractivity (Wildman–Crippen MR) is 56.9 cm³/mol. The first-order valence-corrected chi connectivity index (χ1v) is 4.86. The zero-order valence-corrected chi connectivity index (χ0v) is 7.77. The van der Waals surface area contributed by atoms with E-state index < -0.39 is 0 Å². The van der Waals surface area contributed by atoms with Gasteiger partial charge in [0, 0.05) is 10.9 Å². The molecule has 2 nitrogen and oxygen atoms in total. The molecule has 0 bridgehead atoms. The largest absolute Gasteiger partial charge is 0.154 e. The molecule has 0 unspecified atom stereocenters. The second-order valence-electron chi connectivity index (χ2n) is 3.52. The summed E-state index contributed by atoms with van der Waals surface area (Å²) in [6, 6.07) is 8.16. The van der Waals surface area contributed by atoms with Crippen molar-refractivity contribution in [2.45, 2.75) is 12.8 Å². The predicted octanol–water partition coefficient (Wildman–Crippen LogP) is 2.59. The van der Waals surface area contributed by atoms with Crippen molar-refractivity contribution in [2.75, 3.05) is 0 Å². The smallest absolute Gasteiger partial charge is 0.0935 e. The van der Waals surface area contributed by atoms with Gasteiger partial charge in [-0.1, -0.05) is 30.4 Å². The van der Waals surface area contributed by atoms with Gasteiger partial charge in [-0.15, -0.1) is 0 Å². The number of aryl methyl sites for hydroxylation is 1. The van der Waals surface area contributed by atoms with Crippen LogP contribution in [0.2, 0.25) is 0 Å². The Balaban J connectivity index is 2.42. The highest BCUT2D eigenvalue weighted by Crippen LogP contribution is 2.24. The maximum Gasteiger partial charge on any atom is 0.0935 e. The summed E-state index contributed by atoms with van der Waals surface area (Å²) in [6.07, 6.45) is 6.47. The minimum atomic E-state index is 0.984. The first-order valence-electron chi connectivity index (χ1n) is 4.86. The average molecular weight is 182 g/mol. The fourth-order valence-electron chi connectivity index (χ4n) is 1.90. The van der Waals surface area contributed by atoms with Crippen LogP contribution in [-0.4, -0.2) is 10.2 Å². The normalized spacial score (nSPS) is 14.3. The number of hydrogen-bond donors (Lipinski definition) is 0. The summed E-state index contributed by atoms with van der Waals surface area (Å²) in [5.41, 5.74) is 3.37. The third kappa shape index (κ3) is 1.04. The summed E-state index contributed by atoms with van der Waals surface area (Å²) >= 11 is 0. The van der Waals surface area contributed by atoms with E-state index in [0.29, 0.717) is 0 Å². The summed E-state index contributed by atoms with van der Waals surface area (Å²) in [6.45, 7) is 0. The summed E-state index contributed by atoms with van der Waals surface area (Å²) < 4.78 is 0. The number of fused-ring (bicyclic) bond motifs is 3. The van der Waals surface area contributed by atoms with Crippen LogP contribution >= 0.6 is 0 Å². The summed E-state index contributed by atoms with van der Waals surface area (Å²) in [5, 5.41) is 9.67. The highest BCUT2D eigenvalue weighted by Gasteiger charge is 2.09. The van der Waals surface area contributed by atoms with E-state index in [9.17, 15) is 0 Å². The molecule has 1 heterocycles. The third-order valence-corrected chi connectivity index (χ3v) is 2.62. The minimum Gasteiger partial charge on any atom is -0.154 e. The van der Waals surface area contributed by atoms with E-state index in [1.807, 2.05) is 18.2 Å². The molecule has 68 valence electrons. The van der Waals surface area contributed by atoms with Crippen LogP contribution in [0.25, 0.3) is 17.0 Å². The van der Waals surface area contributed by atoms with Crippen LogP contribution in [0.3, 0.4) is 0 Å². The van der Waals surface area contributed by atoms with Crippen molar-refractivity contribution < 1.29 is 0 Å². The molecule has 0 N–H and O–H groups in total. The van der Waals surface area contributed by atoms with Gasteiger partial charge >= 0.3 is 0 Å². The first-order chi connectivity index (χ1) is 6.95. The lowest BCUT2D eigenvalue weighted by Gasteiger charge is -2.10. The van der Waals surface area contributed by atoms with Crippen molar-refractivity contribution in [3.63, 3.8) is 0 Å². The summed E-state index contributed by atoms with van der Waals surface area (Å²) in [7, 11) is 0. The lowest BCUT2D eigenvalue weighted by molar-refractivity contribution is 0.879. The first kappa shape index (κ1) is 7.68. The number of aromatic nitrogens is 2. The van der Waals surface area contributed by atoms with Crippen molar-refractivity contribution >= 4 is 17.0 Å². The molecule has 0 saturated heterocycles. The quantitative estimate of drug-likeness (QED) is 0.625. The van der Waals surface area contributed by atoms with Gasteiger partial charge in [0.25, 0.3) is 0 Å². The fourth-order valence-corrected chi connectivity index (χ4v) is 1.90. The zero-order valence-electron chi connectivity index (χ0n) is 7.77. The molecule has 1 aliphatic rings. The van der Waals surface area contributed by atoms with Crippen molar-refractivity contribution in [3.05, 3.63) is 41.6 Å². The van der Waals surface area contributed by atoms with Gasteiger partial charge in [-0.2, -0.15) is 10.2 Å². The zero-order chi connectivity index (χ0) is 9.38. The van der Waals surface area contributed by atoms with E-state index in [1.54, 1.807) is 0 Å². The molecule has 1 aromatic heterocycles. The summed E-state index contributed by atoms with van der Waals surface area (Å²) in [4.78, 5) is 0. The van der Waals surface area contributed by atoms with Gasteiger partial charge in [0.05, 0.1) is 11.2 Å². The van der Waals surface area contributed by atoms with Gasteiger partial charge in [0.15, 0.2) is 0 Å². The SMILES string of the molecule is C1=Cc2c(nnc3ccccc23)CC1. The minimum absolute atomic E-state index is 0.984. The van der Waals surface area contributed by atoms with E-state index in [1.165, 1.54) is 10.9 Å². The number of hydrogen-bond acceptors (Lipinski definition) is 2. The fraction of sp³-hybridized carbons (Fsp3) is 0.167. The molecule has 0 spiro atoms. The number of nitrogens with zero attached hydrogens (tertiary/aromatic N) is 2. The topological polar surface area (TPSA) is 25.8 Å². The van der Waals surface area contributed by atoms with E-state index in [-0.39, 0.29) is 0 Å². The second kappa shape index (κ2) is 2.91. The Hall–Kier alpha value is -1.70. The van der Waals surface area contributed by atoms with Crippen LogP contribution in [0.1, 0.15) is 17.7 Å². The van der Waals surface area contributed by atoms with Crippen LogP contribution in [0.4, 0.5) is 0 Å². The maximum atomic E-state index is 4.25. The molecule has 1 aromatic carbocycles. The van der Waals surface area contributed by atoms with Crippen molar-refractivity contribution in [1.29, 1.82) is 0 Å². The highest BCUT2D eigenvalue weighted by atomic mass is 15.1. The van der Waals surface area contributed by atoms with Crippen molar-refractivity contribution in [3.8, 4) is 0 Å². The molecule has 0 radical (unpaired) electrons. The molecule has 2 aromatic rings. The molecular formula is C12H10N2. The maximum absolute atomic E-state index is 4.25. The van der Waals surface area contributed by atoms with E-state index >= 15 is 0 Å². The third-order valence-electron chi connectivity index (χ3n) is 2.62. The van der Waals surface area contributed by atoms with Crippen LogP contribution in [0.5, 0.6) is 0 Å². The lowest BCUT2D eigenvalue weighted by Crippen LogP contribution is -2.01. The van der Waals surface area contributed by atoms with Gasteiger partial charge in [-0.25, -0.2) is 0 Å².